The van der Waals surface area contributed by atoms with Gasteiger partial charge in [-0.2, -0.15) is 0 Å². The van der Waals surface area contributed by atoms with Gasteiger partial charge >= 0.3 is 12.1 Å². The van der Waals surface area contributed by atoms with E-state index < -0.39 is 17.8 Å². The van der Waals surface area contributed by atoms with Crippen LogP contribution in [0.25, 0.3) is 0 Å². The maximum atomic E-state index is 12.4. The van der Waals surface area contributed by atoms with Gasteiger partial charge in [0.15, 0.2) is 0 Å². The number of likely N-dealkylation sites (tertiary alicyclic amines) is 1. The molecule has 0 unspecified atom stereocenters. The molecule has 0 N–H and O–H groups in total. The zero-order chi connectivity index (χ0) is 20.5. The molecule has 158 valence electrons. The first-order valence-electron chi connectivity index (χ1n) is 11.2. The molecular weight excluding hydrogens is 366 g/mol. The standard InChI is InChI=1S/C24H33NO4/c26-22(17-16-20-11-5-2-6-12-20)23(27)29-24(28)25-18-8-15-21(25)14-7-13-19-9-3-1-4-10-19/h1,3-4,9-10,20-21H,2,5-8,11-18H2/t21-/m0/s1. The van der Waals surface area contributed by atoms with E-state index in [0.29, 0.717) is 12.5 Å². The molecule has 0 bridgehead atoms. The normalized spacial score (nSPS) is 19.9. The summed E-state index contributed by atoms with van der Waals surface area (Å²) in [4.78, 5) is 38.2. The van der Waals surface area contributed by atoms with Gasteiger partial charge in [-0.05, 0) is 50.0 Å². The van der Waals surface area contributed by atoms with Crippen molar-refractivity contribution in [3.63, 3.8) is 0 Å². The van der Waals surface area contributed by atoms with Crippen molar-refractivity contribution in [2.75, 3.05) is 6.54 Å². The second-order valence-corrected chi connectivity index (χ2v) is 8.49. The molecule has 1 heterocycles. The Kier molecular flexibility index (Phi) is 8.26. The number of esters is 1. The number of Topliss-reactive ketones (excluding diaryl/α,β-unsaturated/α-hetero) is 1. The topological polar surface area (TPSA) is 63.7 Å². The van der Waals surface area contributed by atoms with Gasteiger partial charge < -0.3 is 9.64 Å². The van der Waals surface area contributed by atoms with Gasteiger partial charge in [-0.25, -0.2) is 9.59 Å². The van der Waals surface area contributed by atoms with Crippen LogP contribution in [0.15, 0.2) is 30.3 Å². The summed E-state index contributed by atoms with van der Waals surface area (Å²) in [5, 5.41) is 0. The van der Waals surface area contributed by atoms with E-state index in [-0.39, 0.29) is 12.5 Å². The summed E-state index contributed by atoms with van der Waals surface area (Å²) in [5.74, 6) is -1.02. The summed E-state index contributed by atoms with van der Waals surface area (Å²) in [5.41, 5.74) is 1.29. The van der Waals surface area contributed by atoms with Crippen molar-refractivity contribution in [2.45, 2.75) is 83.1 Å². The molecule has 2 aliphatic rings. The Bertz CT molecular complexity index is 681. The Labute approximate surface area is 173 Å². The average Bonchev–Trinajstić information content (AvgIpc) is 3.22. The van der Waals surface area contributed by atoms with Crippen LogP contribution in [0.3, 0.4) is 0 Å². The molecule has 1 aliphatic heterocycles. The number of carbonyl (C=O) groups is 3. The lowest BCUT2D eigenvalue weighted by Gasteiger charge is -2.23. The van der Waals surface area contributed by atoms with Crippen LogP contribution in [0.2, 0.25) is 0 Å². The minimum absolute atomic E-state index is 0.0938. The van der Waals surface area contributed by atoms with E-state index in [4.69, 9.17) is 4.74 Å². The van der Waals surface area contributed by atoms with Gasteiger partial charge in [0.25, 0.3) is 0 Å². The van der Waals surface area contributed by atoms with E-state index in [2.05, 4.69) is 12.1 Å². The molecule has 0 spiro atoms. The predicted octanol–water partition coefficient (Wildman–Crippen LogP) is 5.07. The third-order valence-electron chi connectivity index (χ3n) is 6.37. The van der Waals surface area contributed by atoms with Crippen LogP contribution in [0.4, 0.5) is 4.79 Å². The average molecular weight is 400 g/mol. The smallest absolute Gasteiger partial charge is 0.370 e. The Morgan fingerprint density at radius 1 is 0.931 bits per heavy atom. The number of hydrogen-bond acceptors (Lipinski definition) is 4. The minimum Gasteiger partial charge on any atom is -0.370 e. The molecular formula is C24H33NO4. The Morgan fingerprint density at radius 2 is 1.69 bits per heavy atom. The molecule has 1 saturated heterocycles. The van der Waals surface area contributed by atoms with Crippen molar-refractivity contribution in [1.29, 1.82) is 0 Å². The highest BCUT2D eigenvalue weighted by Gasteiger charge is 2.32. The van der Waals surface area contributed by atoms with E-state index in [1.807, 2.05) is 18.2 Å². The van der Waals surface area contributed by atoms with Gasteiger partial charge in [0.1, 0.15) is 0 Å². The van der Waals surface area contributed by atoms with Crippen LogP contribution in [-0.2, 0) is 20.7 Å². The van der Waals surface area contributed by atoms with Crippen LogP contribution in [0, 0.1) is 5.92 Å². The molecule has 1 aliphatic carbocycles. The van der Waals surface area contributed by atoms with Crippen molar-refractivity contribution in [2.24, 2.45) is 5.92 Å². The van der Waals surface area contributed by atoms with Crippen molar-refractivity contribution in [1.82, 2.24) is 4.90 Å². The number of aryl methyl sites for hydroxylation is 1. The third-order valence-corrected chi connectivity index (χ3v) is 6.37. The first kappa shape index (κ1) is 21.5. The van der Waals surface area contributed by atoms with Crippen LogP contribution < -0.4 is 0 Å². The van der Waals surface area contributed by atoms with Crippen molar-refractivity contribution in [3.8, 4) is 0 Å². The Hall–Kier alpha value is -2.17. The number of nitrogens with zero attached hydrogens (tertiary/aromatic N) is 1. The molecule has 1 aromatic carbocycles. The summed E-state index contributed by atoms with van der Waals surface area (Å²) < 4.78 is 4.93. The molecule has 1 atom stereocenters. The van der Waals surface area contributed by atoms with Gasteiger partial charge in [0.05, 0.1) is 0 Å². The zero-order valence-corrected chi connectivity index (χ0v) is 17.3. The fourth-order valence-electron chi connectivity index (χ4n) is 4.67. The van der Waals surface area contributed by atoms with Gasteiger partial charge in [-0.1, -0.05) is 62.4 Å². The lowest BCUT2D eigenvalue weighted by molar-refractivity contribution is -0.150. The summed E-state index contributed by atoms with van der Waals surface area (Å²) in [6, 6.07) is 10.4. The second kappa shape index (κ2) is 11.1. The van der Waals surface area contributed by atoms with E-state index >= 15 is 0 Å². The number of ketones is 1. The molecule has 3 rings (SSSR count). The molecule has 1 saturated carbocycles. The van der Waals surface area contributed by atoms with Crippen LogP contribution in [0.1, 0.15) is 76.2 Å². The number of amides is 1. The molecule has 5 nitrogen and oxygen atoms in total. The van der Waals surface area contributed by atoms with Crippen LogP contribution in [-0.4, -0.2) is 35.3 Å². The van der Waals surface area contributed by atoms with Crippen LogP contribution in [0.5, 0.6) is 0 Å². The number of rotatable bonds is 8. The summed E-state index contributed by atoms with van der Waals surface area (Å²) in [6.07, 6.45) is 10.9. The fourth-order valence-corrected chi connectivity index (χ4v) is 4.67. The zero-order valence-electron chi connectivity index (χ0n) is 17.3. The second-order valence-electron chi connectivity index (χ2n) is 8.49. The van der Waals surface area contributed by atoms with Gasteiger partial charge in [-0.15, -0.1) is 0 Å². The number of carbonyl (C=O) groups excluding carboxylic acids is 3. The predicted molar refractivity (Wildman–Crippen MR) is 111 cm³/mol. The summed E-state index contributed by atoms with van der Waals surface area (Å²) >= 11 is 0. The first-order chi connectivity index (χ1) is 14.1. The van der Waals surface area contributed by atoms with Crippen LogP contribution >= 0.6 is 0 Å². The highest BCUT2D eigenvalue weighted by atomic mass is 16.6. The molecule has 0 aromatic heterocycles. The first-order valence-corrected chi connectivity index (χ1v) is 11.2. The highest BCUT2D eigenvalue weighted by molar-refractivity contribution is 6.35. The molecule has 0 radical (unpaired) electrons. The van der Waals surface area contributed by atoms with Gasteiger partial charge in [-0.3, -0.25) is 4.79 Å². The van der Waals surface area contributed by atoms with Crippen molar-refractivity contribution >= 4 is 17.8 Å². The number of hydrogen-bond donors (Lipinski definition) is 0. The van der Waals surface area contributed by atoms with Crippen molar-refractivity contribution in [3.05, 3.63) is 35.9 Å². The lowest BCUT2D eigenvalue weighted by Crippen LogP contribution is -2.38. The minimum atomic E-state index is -0.985. The largest absolute Gasteiger partial charge is 0.418 e. The molecule has 2 fully saturated rings. The molecule has 5 heteroatoms. The Balaban J connectivity index is 1.39. The van der Waals surface area contributed by atoms with E-state index in [1.54, 1.807) is 4.90 Å². The quantitative estimate of drug-likeness (QED) is 0.348. The van der Waals surface area contributed by atoms with E-state index in [1.165, 1.54) is 24.8 Å². The molecule has 29 heavy (non-hydrogen) atoms. The number of ether oxygens (including phenoxy) is 1. The maximum absolute atomic E-state index is 12.4. The number of benzene rings is 1. The van der Waals surface area contributed by atoms with Crippen molar-refractivity contribution < 1.29 is 19.1 Å². The molecule has 1 amide bonds. The maximum Gasteiger partial charge on any atom is 0.418 e. The van der Waals surface area contributed by atoms with Gasteiger partial charge in [0, 0.05) is 19.0 Å². The highest BCUT2D eigenvalue weighted by Crippen LogP contribution is 2.27. The molecule has 1 aromatic rings. The SMILES string of the molecule is O=C(CCC1CCCCC1)C(=O)OC(=O)N1CCC[C@@H]1CCCc1ccccc1. The fraction of sp³-hybridized carbons (Fsp3) is 0.625. The monoisotopic (exact) mass is 399 g/mol. The van der Waals surface area contributed by atoms with E-state index in [0.717, 1.165) is 51.4 Å². The van der Waals surface area contributed by atoms with E-state index in [9.17, 15) is 14.4 Å². The van der Waals surface area contributed by atoms with Gasteiger partial charge in [0.2, 0.25) is 5.78 Å². The summed E-state index contributed by atoms with van der Waals surface area (Å²) in [7, 11) is 0. The lowest BCUT2D eigenvalue weighted by atomic mass is 9.86. The Morgan fingerprint density at radius 3 is 2.45 bits per heavy atom. The summed E-state index contributed by atoms with van der Waals surface area (Å²) in [6.45, 7) is 0.596. The third kappa shape index (κ3) is 6.69.